The van der Waals surface area contributed by atoms with E-state index in [-0.39, 0.29) is 31.1 Å². The molecule has 6 heteroatoms. The third-order valence-electron chi connectivity index (χ3n) is 13.4. The Kier molecular flexibility index (Phi) is 50.1. The van der Waals surface area contributed by atoms with E-state index in [9.17, 15) is 14.4 Å². The van der Waals surface area contributed by atoms with E-state index in [1.54, 1.807) is 0 Å². The Balaban J connectivity index is 4.24. The summed E-state index contributed by atoms with van der Waals surface area (Å²) >= 11 is 0. The molecule has 0 N–H and O–H groups in total. The second kappa shape index (κ2) is 51.4. The third-order valence-corrected chi connectivity index (χ3v) is 13.4. The predicted molar refractivity (Wildman–Crippen MR) is 270 cm³/mol. The van der Waals surface area contributed by atoms with Gasteiger partial charge in [-0.3, -0.25) is 14.4 Å². The zero-order chi connectivity index (χ0) is 45.9. The zero-order valence-corrected chi connectivity index (χ0v) is 43.0. The normalized spacial score (nSPS) is 12.4. The van der Waals surface area contributed by atoms with Crippen LogP contribution in [0.3, 0.4) is 0 Å². The first kappa shape index (κ1) is 61.4. The van der Waals surface area contributed by atoms with Gasteiger partial charge in [-0.1, -0.05) is 285 Å². The van der Waals surface area contributed by atoms with E-state index >= 15 is 0 Å². The van der Waals surface area contributed by atoms with Gasteiger partial charge in [-0.25, -0.2) is 0 Å². The molecule has 0 aromatic rings. The number of hydrogen-bond donors (Lipinski definition) is 0. The Labute approximate surface area is 393 Å². The molecule has 0 aromatic carbocycles. The van der Waals surface area contributed by atoms with Gasteiger partial charge in [0.1, 0.15) is 13.2 Å². The molecule has 2 atom stereocenters. The summed E-state index contributed by atoms with van der Waals surface area (Å²) in [4.78, 5) is 38.0. The van der Waals surface area contributed by atoms with Crippen LogP contribution in [0.4, 0.5) is 0 Å². The number of ether oxygens (including phenoxy) is 3. The van der Waals surface area contributed by atoms with Crippen molar-refractivity contribution in [1.29, 1.82) is 0 Å². The summed E-state index contributed by atoms with van der Waals surface area (Å²) in [6, 6.07) is 0. The zero-order valence-electron chi connectivity index (χ0n) is 43.0. The standard InChI is InChI=1S/C57H110O6/c1-5-8-10-12-14-16-18-20-22-24-25-26-28-29-31-33-35-40-44-48-55(58)61-51-54(52-62-56(59)49-45-41-38-37-39-43-47-53(4)7-3)63-57(60)50-46-42-36-34-32-30-27-23-21-19-17-15-13-11-9-6-2/h53-54H,5-52H2,1-4H3/t53?,54-/m1/s1. The molecule has 0 aliphatic rings. The molecular weight excluding hydrogens is 781 g/mol. The summed E-state index contributed by atoms with van der Waals surface area (Å²) in [6.07, 6.45) is 55.3. The molecule has 0 radical (unpaired) electrons. The van der Waals surface area contributed by atoms with Crippen LogP contribution in [0.25, 0.3) is 0 Å². The molecule has 0 rings (SSSR count). The Hall–Kier alpha value is -1.59. The Morgan fingerprint density at radius 1 is 0.317 bits per heavy atom. The molecule has 0 fully saturated rings. The first-order valence-electron chi connectivity index (χ1n) is 28.4. The van der Waals surface area contributed by atoms with Crippen LogP contribution < -0.4 is 0 Å². The first-order valence-corrected chi connectivity index (χ1v) is 28.4. The highest BCUT2D eigenvalue weighted by Gasteiger charge is 2.19. The number of rotatable bonds is 52. The SMILES string of the molecule is CCCCCCCCCCCCCCCCCCCCCC(=O)OC[C@H](COC(=O)CCCCCCCCC(C)CC)OC(=O)CCCCCCCCCCCCCCCCCC. The molecule has 0 aliphatic heterocycles. The van der Waals surface area contributed by atoms with E-state index in [0.717, 1.165) is 63.7 Å². The van der Waals surface area contributed by atoms with Gasteiger partial charge < -0.3 is 14.2 Å². The molecular formula is C57H110O6. The van der Waals surface area contributed by atoms with E-state index in [2.05, 4.69) is 27.7 Å². The van der Waals surface area contributed by atoms with Crippen LogP contribution in [0.5, 0.6) is 0 Å². The number of unbranched alkanes of at least 4 members (excludes halogenated alkanes) is 38. The largest absolute Gasteiger partial charge is 0.462 e. The molecule has 0 amide bonds. The summed E-state index contributed by atoms with van der Waals surface area (Å²) in [7, 11) is 0. The fraction of sp³-hybridized carbons (Fsp3) is 0.947. The van der Waals surface area contributed by atoms with Crippen LogP contribution in [-0.2, 0) is 28.6 Å². The monoisotopic (exact) mass is 891 g/mol. The lowest BCUT2D eigenvalue weighted by Gasteiger charge is -2.18. The van der Waals surface area contributed by atoms with Crippen molar-refractivity contribution in [2.75, 3.05) is 13.2 Å². The molecule has 6 nitrogen and oxygen atoms in total. The van der Waals surface area contributed by atoms with Gasteiger partial charge >= 0.3 is 17.9 Å². The molecule has 0 saturated carbocycles. The van der Waals surface area contributed by atoms with Crippen molar-refractivity contribution in [2.45, 2.75) is 329 Å². The summed E-state index contributed by atoms with van der Waals surface area (Å²) < 4.78 is 16.9. The van der Waals surface area contributed by atoms with Crippen molar-refractivity contribution in [1.82, 2.24) is 0 Å². The number of carbonyl (C=O) groups excluding carboxylic acids is 3. The smallest absolute Gasteiger partial charge is 0.306 e. The summed E-state index contributed by atoms with van der Waals surface area (Å²) in [5, 5.41) is 0. The maximum Gasteiger partial charge on any atom is 0.306 e. The minimum atomic E-state index is -0.762. The molecule has 1 unspecified atom stereocenters. The minimum Gasteiger partial charge on any atom is -0.462 e. The fourth-order valence-corrected chi connectivity index (χ4v) is 8.72. The Bertz CT molecular complexity index is 951. The van der Waals surface area contributed by atoms with Crippen LogP contribution >= 0.6 is 0 Å². The van der Waals surface area contributed by atoms with Crippen molar-refractivity contribution in [3.05, 3.63) is 0 Å². The summed E-state index contributed by atoms with van der Waals surface area (Å²) in [6.45, 7) is 9.02. The van der Waals surface area contributed by atoms with Crippen molar-refractivity contribution in [2.24, 2.45) is 5.92 Å². The van der Waals surface area contributed by atoms with Crippen LogP contribution in [0.15, 0.2) is 0 Å². The molecule has 0 aliphatic carbocycles. The fourth-order valence-electron chi connectivity index (χ4n) is 8.72. The van der Waals surface area contributed by atoms with E-state index in [1.165, 1.54) is 218 Å². The van der Waals surface area contributed by atoms with Gasteiger partial charge in [-0.15, -0.1) is 0 Å². The first-order chi connectivity index (χ1) is 30.9. The number of carbonyl (C=O) groups is 3. The highest BCUT2D eigenvalue weighted by Crippen LogP contribution is 2.18. The van der Waals surface area contributed by atoms with Crippen LogP contribution in [-0.4, -0.2) is 37.2 Å². The number of esters is 3. The summed E-state index contributed by atoms with van der Waals surface area (Å²) in [5.41, 5.74) is 0. The van der Waals surface area contributed by atoms with Crippen molar-refractivity contribution >= 4 is 17.9 Å². The lowest BCUT2D eigenvalue weighted by molar-refractivity contribution is -0.167. The van der Waals surface area contributed by atoms with Gasteiger partial charge in [-0.2, -0.15) is 0 Å². The average Bonchev–Trinajstić information content (AvgIpc) is 3.28. The predicted octanol–water partition coefficient (Wildman–Crippen LogP) is 18.6. The minimum absolute atomic E-state index is 0.0629. The molecule has 0 saturated heterocycles. The Morgan fingerprint density at radius 2 is 0.556 bits per heavy atom. The van der Waals surface area contributed by atoms with Gasteiger partial charge in [0.15, 0.2) is 6.10 Å². The second-order valence-corrected chi connectivity index (χ2v) is 19.8. The highest BCUT2D eigenvalue weighted by atomic mass is 16.6. The molecule has 63 heavy (non-hydrogen) atoms. The van der Waals surface area contributed by atoms with Crippen LogP contribution in [0.1, 0.15) is 323 Å². The van der Waals surface area contributed by atoms with Gasteiger partial charge in [0.05, 0.1) is 0 Å². The van der Waals surface area contributed by atoms with Crippen LogP contribution in [0.2, 0.25) is 0 Å². The van der Waals surface area contributed by atoms with Gasteiger partial charge in [0.2, 0.25) is 0 Å². The summed E-state index contributed by atoms with van der Waals surface area (Å²) in [5.74, 6) is -0.0274. The van der Waals surface area contributed by atoms with Crippen molar-refractivity contribution in [3.63, 3.8) is 0 Å². The molecule has 374 valence electrons. The Morgan fingerprint density at radius 3 is 0.825 bits per heavy atom. The molecule has 0 spiro atoms. The lowest BCUT2D eigenvalue weighted by Crippen LogP contribution is -2.30. The van der Waals surface area contributed by atoms with Gasteiger partial charge in [-0.05, 0) is 25.2 Å². The van der Waals surface area contributed by atoms with Crippen molar-refractivity contribution < 1.29 is 28.6 Å². The molecule has 0 aromatic heterocycles. The van der Waals surface area contributed by atoms with E-state index in [1.807, 2.05) is 0 Å². The van der Waals surface area contributed by atoms with Crippen LogP contribution in [0, 0.1) is 5.92 Å². The molecule has 0 bridgehead atoms. The van der Waals surface area contributed by atoms with E-state index in [4.69, 9.17) is 14.2 Å². The number of hydrogen-bond acceptors (Lipinski definition) is 6. The maximum atomic E-state index is 12.8. The molecule has 0 heterocycles. The topological polar surface area (TPSA) is 78.9 Å². The third kappa shape index (κ3) is 49.7. The van der Waals surface area contributed by atoms with Gasteiger partial charge in [0.25, 0.3) is 0 Å². The van der Waals surface area contributed by atoms with Crippen molar-refractivity contribution in [3.8, 4) is 0 Å². The van der Waals surface area contributed by atoms with Gasteiger partial charge in [0, 0.05) is 19.3 Å². The second-order valence-electron chi connectivity index (χ2n) is 19.8. The highest BCUT2D eigenvalue weighted by molar-refractivity contribution is 5.71. The quantitative estimate of drug-likeness (QED) is 0.0344. The average molecular weight is 892 g/mol. The maximum absolute atomic E-state index is 12.8. The van der Waals surface area contributed by atoms with E-state index in [0.29, 0.717) is 19.3 Å². The lowest BCUT2D eigenvalue weighted by atomic mass is 10.00. The van der Waals surface area contributed by atoms with E-state index < -0.39 is 6.10 Å².